The molecule has 2 nitrogen and oxygen atoms in total. The SMILES string of the molecule is C=Cc1cc(OC)ccc1OC(C)C. The van der Waals surface area contributed by atoms with E-state index in [0.717, 1.165) is 17.1 Å². The lowest BCUT2D eigenvalue weighted by Gasteiger charge is -2.13. The molecule has 0 aromatic heterocycles. The van der Waals surface area contributed by atoms with Crippen molar-refractivity contribution in [1.82, 2.24) is 0 Å². The van der Waals surface area contributed by atoms with Gasteiger partial charge in [-0.15, -0.1) is 0 Å². The summed E-state index contributed by atoms with van der Waals surface area (Å²) < 4.78 is 10.7. The van der Waals surface area contributed by atoms with Crippen molar-refractivity contribution >= 4 is 6.08 Å². The molecule has 0 amide bonds. The van der Waals surface area contributed by atoms with Gasteiger partial charge in [-0.05, 0) is 32.0 Å². The van der Waals surface area contributed by atoms with Crippen LogP contribution in [-0.2, 0) is 0 Å². The first-order valence-corrected chi connectivity index (χ1v) is 4.64. The summed E-state index contributed by atoms with van der Waals surface area (Å²) in [5, 5.41) is 0. The fourth-order valence-corrected chi connectivity index (χ4v) is 1.17. The summed E-state index contributed by atoms with van der Waals surface area (Å²) in [4.78, 5) is 0. The molecule has 1 aromatic rings. The van der Waals surface area contributed by atoms with Gasteiger partial charge in [0.05, 0.1) is 13.2 Å². The lowest BCUT2D eigenvalue weighted by molar-refractivity contribution is 0.241. The van der Waals surface area contributed by atoms with Crippen LogP contribution in [0.15, 0.2) is 24.8 Å². The summed E-state index contributed by atoms with van der Waals surface area (Å²) in [6.45, 7) is 7.73. The maximum Gasteiger partial charge on any atom is 0.127 e. The molecule has 0 N–H and O–H groups in total. The number of hydrogen-bond donors (Lipinski definition) is 0. The van der Waals surface area contributed by atoms with Crippen LogP contribution in [0.4, 0.5) is 0 Å². The largest absolute Gasteiger partial charge is 0.497 e. The second-order valence-corrected chi connectivity index (χ2v) is 3.27. The summed E-state index contributed by atoms with van der Waals surface area (Å²) >= 11 is 0. The van der Waals surface area contributed by atoms with Crippen LogP contribution >= 0.6 is 0 Å². The molecule has 0 heterocycles. The van der Waals surface area contributed by atoms with Crippen molar-refractivity contribution in [2.24, 2.45) is 0 Å². The van der Waals surface area contributed by atoms with E-state index in [1.807, 2.05) is 32.0 Å². The minimum absolute atomic E-state index is 0.169. The molecule has 0 aliphatic rings. The third-order valence-electron chi connectivity index (χ3n) is 1.80. The molecule has 0 atom stereocenters. The monoisotopic (exact) mass is 192 g/mol. The standard InChI is InChI=1S/C12H16O2/c1-5-10-8-11(13-4)6-7-12(10)14-9(2)3/h5-9H,1H2,2-4H3. The Balaban J connectivity index is 2.99. The predicted molar refractivity (Wildman–Crippen MR) is 58.8 cm³/mol. The van der Waals surface area contributed by atoms with E-state index in [-0.39, 0.29) is 6.10 Å². The molecular formula is C12H16O2. The van der Waals surface area contributed by atoms with Crippen LogP contribution in [-0.4, -0.2) is 13.2 Å². The Morgan fingerprint density at radius 1 is 1.36 bits per heavy atom. The lowest BCUT2D eigenvalue weighted by Crippen LogP contribution is -2.06. The Hall–Kier alpha value is -1.44. The van der Waals surface area contributed by atoms with Gasteiger partial charge in [0.1, 0.15) is 11.5 Å². The normalized spacial score (nSPS) is 10.0. The zero-order valence-corrected chi connectivity index (χ0v) is 8.91. The number of ether oxygens (including phenoxy) is 2. The van der Waals surface area contributed by atoms with Gasteiger partial charge < -0.3 is 9.47 Å². The molecular weight excluding hydrogens is 176 g/mol. The molecule has 0 unspecified atom stereocenters. The third kappa shape index (κ3) is 2.52. The van der Waals surface area contributed by atoms with Crippen molar-refractivity contribution in [3.63, 3.8) is 0 Å². The highest BCUT2D eigenvalue weighted by Crippen LogP contribution is 2.25. The minimum Gasteiger partial charge on any atom is -0.497 e. The summed E-state index contributed by atoms with van der Waals surface area (Å²) in [6, 6.07) is 5.69. The van der Waals surface area contributed by atoms with Crippen LogP contribution in [0.1, 0.15) is 19.4 Å². The van der Waals surface area contributed by atoms with Gasteiger partial charge >= 0.3 is 0 Å². The van der Waals surface area contributed by atoms with Crippen LogP contribution in [0.25, 0.3) is 6.08 Å². The molecule has 0 saturated heterocycles. The number of hydrogen-bond acceptors (Lipinski definition) is 2. The summed E-state index contributed by atoms with van der Waals surface area (Å²) in [5.41, 5.74) is 0.957. The van der Waals surface area contributed by atoms with Gasteiger partial charge in [-0.25, -0.2) is 0 Å². The first kappa shape index (κ1) is 10.6. The molecule has 76 valence electrons. The van der Waals surface area contributed by atoms with E-state index in [1.165, 1.54) is 0 Å². The molecule has 0 aliphatic heterocycles. The predicted octanol–water partition coefficient (Wildman–Crippen LogP) is 3.13. The van der Waals surface area contributed by atoms with Gasteiger partial charge in [-0.1, -0.05) is 12.7 Å². The van der Waals surface area contributed by atoms with Crippen LogP contribution in [0.5, 0.6) is 11.5 Å². The maximum atomic E-state index is 5.61. The first-order chi connectivity index (χ1) is 6.67. The van der Waals surface area contributed by atoms with Gasteiger partial charge in [0.25, 0.3) is 0 Å². The van der Waals surface area contributed by atoms with E-state index in [1.54, 1.807) is 13.2 Å². The fraction of sp³-hybridized carbons (Fsp3) is 0.333. The Labute approximate surface area is 85.2 Å². The average molecular weight is 192 g/mol. The number of benzene rings is 1. The topological polar surface area (TPSA) is 18.5 Å². The second-order valence-electron chi connectivity index (χ2n) is 3.27. The third-order valence-corrected chi connectivity index (χ3v) is 1.80. The van der Waals surface area contributed by atoms with Crippen LogP contribution in [0.3, 0.4) is 0 Å². The molecule has 14 heavy (non-hydrogen) atoms. The smallest absolute Gasteiger partial charge is 0.127 e. The van der Waals surface area contributed by atoms with E-state index < -0.39 is 0 Å². The highest BCUT2D eigenvalue weighted by Gasteiger charge is 2.04. The van der Waals surface area contributed by atoms with E-state index in [0.29, 0.717) is 0 Å². The van der Waals surface area contributed by atoms with Crippen LogP contribution in [0, 0.1) is 0 Å². The first-order valence-electron chi connectivity index (χ1n) is 4.64. The van der Waals surface area contributed by atoms with E-state index in [9.17, 15) is 0 Å². The molecule has 0 spiro atoms. The minimum atomic E-state index is 0.169. The molecule has 1 rings (SSSR count). The quantitative estimate of drug-likeness (QED) is 0.729. The van der Waals surface area contributed by atoms with Gasteiger partial charge in [0, 0.05) is 5.56 Å². The molecule has 1 aromatic carbocycles. The summed E-state index contributed by atoms with van der Waals surface area (Å²) in [6.07, 6.45) is 1.93. The number of methoxy groups -OCH3 is 1. The van der Waals surface area contributed by atoms with Gasteiger partial charge in [-0.2, -0.15) is 0 Å². The maximum absolute atomic E-state index is 5.61. The summed E-state index contributed by atoms with van der Waals surface area (Å²) in [5.74, 6) is 1.66. The molecule has 0 aliphatic carbocycles. The Bertz CT molecular complexity index is 316. The van der Waals surface area contributed by atoms with E-state index in [4.69, 9.17) is 9.47 Å². The van der Waals surface area contributed by atoms with E-state index >= 15 is 0 Å². The molecule has 0 bridgehead atoms. The highest BCUT2D eigenvalue weighted by atomic mass is 16.5. The van der Waals surface area contributed by atoms with Crippen molar-refractivity contribution in [2.75, 3.05) is 7.11 Å². The van der Waals surface area contributed by atoms with Gasteiger partial charge in [0.15, 0.2) is 0 Å². The second kappa shape index (κ2) is 4.70. The van der Waals surface area contributed by atoms with Crippen molar-refractivity contribution < 1.29 is 9.47 Å². The molecule has 0 saturated carbocycles. The fourth-order valence-electron chi connectivity index (χ4n) is 1.17. The average Bonchev–Trinajstić information content (AvgIpc) is 2.17. The number of rotatable bonds is 4. The Kier molecular flexibility index (Phi) is 3.57. The zero-order valence-electron chi connectivity index (χ0n) is 8.91. The highest BCUT2D eigenvalue weighted by molar-refractivity contribution is 5.58. The summed E-state index contributed by atoms with van der Waals surface area (Å²) in [7, 11) is 1.64. The molecule has 2 heteroatoms. The van der Waals surface area contributed by atoms with Crippen LogP contribution in [0.2, 0.25) is 0 Å². The van der Waals surface area contributed by atoms with Crippen molar-refractivity contribution in [1.29, 1.82) is 0 Å². The van der Waals surface area contributed by atoms with Crippen molar-refractivity contribution in [2.45, 2.75) is 20.0 Å². The van der Waals surface area contributed by atoms with Crippen molar-refractivity contribution in [3.05, 3.63) is 30.3 Å². The van der Waals surface area contributed by atoms with E-state index in [2.05, 4.69) is 6.58 Å². The van der Waals surface area contributed by atoms with Gasteiger partial charge in [0.2, 0.25) is 0 Å². The zero-order chi connectivity index (χ0) is 10.6. The van der Waals surface area contributed by atoms with Crippen molar-refractivity contribution in [3.8, 4) is 11.5 Å². The molecule has 0 fully saturated rings. The Morgan fingerprint density at radius 3 is 2.57 bits per heavy atom. The van der Waals surface area contributed by atoms with Gasteiger partial charge in [-0.3, -0.25) is 0 Å². The van der Waals surface area contributed by atoms with Crippen LogP contribution < -0.4 is 9.47 Å². The Morgan fingerprint density at radius 2 is 2.07 bits per heavy atom. The molecule has 0 radical (unpaired) electrons. The lowest BCUT2D eigenvalue weighted by atomic mass is 10.2.